The maximum Gasteiger partial charge on any atom is 0.234 e. The average molecular weight is 290 g/mol. The summed E-state index contributed by atoms with van der Waals surface area (Å²) in [6.07, 6.45) is 0. The van der Waals surface area contributed by atoms with E-state index in [-0.39, 0.29) is 11.7 Å². The second-order valence-corrected chi connectivity index (χ2v) is 5.42. The predicted octanol–water partition coefficient (Wildman–Crippen LogP) is 3.45. The first kappa shape index (κ1) is 14.4. The predicted molar refractivity (Wildman–Crippen MR) is 81.3 cm³/mol. The molecule has 104 valence electrons. The van der Waals surface area contributed by atoms with Gasteiger partial charge in [0, 0.05) is 16.3 Å². The maximum absolute atomic E-state index is 13.2. The summed E-state index contributed by atoms with van der Waals surface area (Å²) in [5, 5.41) is 2.82. The number of aryl methyl sites for hydroxylation is 1. The van der Waals surface area contributed by atoms with Crippen molar-refractivity contribution in [3.63, 3.8) is 0 Å². The molecule has 3 nitrogen and oxygen atoms in total. The summed E-state index contributed by atoms with van der Waals surface area (Å²) in [4.78, 5) is 12.5. The van der Waals surface area contributed by atoms with Gasteiger partial charge in [0.1, 0.15) is 5.82 Å². The number of anilines is 2. The Balaban J connectivity index is 1.94. The van der Waals surface area contributed by atoms with Crippen molar-refractivity contribution in [3.05, 3.63) is 53.8 Å². The maximum atomic E-state index is 13.2. The van der Waals surface area contributed by atoms with Crippen molar-refractivity contribution < 1.29 is 9.18 Å². The number of hydrogen-bond acceptors (Lipinski definition) is 3. The SMILES string of the molecule is Cc1ccccc1NC(=O)CSc1cc(N)cc(F)c1. The van der Waals surface area contributed by atoms with Crippen molar-refractivity contribution in [3.8, 4) is 0 Å². The third kappa shape index (κ3) is 3.99. The minimum atomic E-state index is -0.396. The molecule has 0 aromatic heterocycles. The Bertz CT molecular complexity index is 611. The van der Waals surface area contributed by atoms with Crippen molar-refractivity contribution in [2.45, 2.75) is 11.8 Å². The fourth-order valence-corrected chi connectivity index (χ4v) is 2.50. The van der Waals surface area contributed by atoms with E-state index in [1.807, 2.05) is 31.2 Å². The molecule has 2 rings (SSSR count). The number of amides is 1. The second-order valence-electron chi connectivity index (χ2n) is 4.37. The largest absolute Gasteiger partial charge is 0.399 e. The van der Waals surface area contributed by atoms with Gasteiger partial charge in [-0.3, -0.25) is 4.79 Å². The molecular weight excluding hydrogens is 275 g/mol. The highest BCUT2D eigenvalue weighted by Gasteiger charge is 2.06. The van der Waals surface area contributed by atoms with Crippen LogP contribution in [0.3, 0.4) is 0 Å². The fourth-order valence-electron chi connectivity index (χ4n) is 1.72. The van der Waals surface area contributed by atoms with Gasteiger partial charge in [0.05, 0.1) is 5.75 Å². The van der Waals surface area contributed by atoms with E-state index in [0.717, 1.165) is 11.3 Å². The van der Waals surface area contributed by atoms with Crippen LogP contribution in [0.25, 0.3) is 0 Å². The molecule has 5 heteroatoms. The number of carbonyl (C=O) groups is 1. The smallest absolute Gasteiger partial charge is 0.234 e. The summed E-state index contributed by atoms with van der Waals surface area (Å²) in [5.74, 6) is -0.323. The lowest BCUT2D eigenvalue weighted by atomic mass is 10.2. The molecule has 20 heavy (non-hydrogen) atoms. The topological polar surface area (TPSA) is 55.1 Å². The van der Waals surface area contributed by atoms with Gasteiger partial charge in [-0.05, 0) is 36.8 Å². The molecule has 2 aromatic rings. The monoisotopic (exact) mass is 290 g/mol. The van der Waals surface area contributed by atoms with E-state index in [2.05, 4.69) is 5.32 Å². The normalized spacial score (nSPS) is 10.3. The molecule has 0 aliphatic rings. The third-order valence-corrected chi connectivity index (χ3v) is 3.66. The van der Waals surface area contributed by atoms with Crippen molar-refractivity contribution in [2.75, 3.05) is 16.8 Å². The van der Waals surface area contributed by atoms with Gasteiger partial charge in [0.15, 0.2) is 0 Å². The van der Waals surface area contributed by atoms with Gasteiger partial charge >= 0.3 is 0 Å². The van der Waals surface area contributed by atoms with Crippen molar-refractivity contribution >= 4 is 29.0 Å². The third-order valence-electron chi connectivity index (χ3n) is 2.68. The van der Waals surface area contributed by atoms with Crippen LogP contribution in [0.15, 0.2) is 47.4 Å². The average Bonchev–Trinajstić information content (AvgIpc) is 2.38. The lowest BCUT2D eigenvalue weighted by molar-refractivity contribution is -0.113. The first-order valence-corrected chi connectivity index (χ1v) is 7.07. The second kappa shape index (κ2) is 6.43. The van der Waals surface area contributed by atoms with E-state index >= 15 is 0 Å². The van der Waals surface area contributed by atoms with Crippen molar-refractivity contribution in [1.29, 1.82) is 0 Å². The van der Waals surface area contributed by atoms with E-state index in [0.29, 0.717) is 10.6 Å². The van der Waals surface area contributed by atoms with Crippen LogP contribution in [-0.2, 0) is 4.79 Å². The van der Waals surface area contributed by atoms with E-state index in [4.69, 9.17) is 5.73 Å². The van der Waals surface area contributed by atoms with Crippen LogP contribution < -0.4 is 11.1 Å². The molecule has 0 aliphatic carbocycles. The van der Waals surface area contributed by atoms with Crippen LogP contribution in [0.1, 0.15) is 5.56 Å². The Morgan fingerprint density at radius 3 is 2.75 bits per heavy atom. The molecule has 0 saturated heterocycles. The molecule has 0 aliphatic heterocycles. The summed E-state index contributed by atoms with van der Waals surface area (Å²) in [6, 6.07) is 11.8. The van der Waals surface area contributed by atoms with Crippen LogP contribution in [0.2, 0.25) is 0 Å². The summed E-state index contributed by atoms with van der Waals surface area (Å²) in [7, 11) is 0. The lowest BCUT2D eigenvalue weighted by Crippen LogP contribution is -2.14. The number of rotatable bonds is 4. The minimum Gasteiger partial charge on any atom is -0.399 e. The van der Waals surface area contributed by atoms with Crippen LogP contribution >= 0.6 is 11.8 Å². The van der Waals surface area contributed by atoms with Crippen molar-refractivity contribution in [1.82, 2.24) is 0 Å². The van der Waals surface area contributed by atoms with E-state index in [1.165, 1.54) is 23.9 Å². The molecule has 0 atom stereocenters. The molecule has 0 unspecified atom stereocenters. The van der Waals surface area contributed by atoms with Gasteiger partial charge in [0.2, 0.25) is 5.91 Å². The van der Waals surface area contributed by atoms with Gasteiger partial charge in [-0.25, -0.2) is 4.39 Å². The van der Waals surface area contributed by atoms with Crippen LogP contribution in [0.4, 0.5) is 15.8 Å². The quantitative estimate of drug-likeness (QED) is 0.670. The Labute approximate surface area is 121 Å². The van der Waals surface area contributed by atoms with E-state index in [1.54, 1.807) is 6.07 Å². The van der Waals surface area contributed by atoms with E-state index in [9.17, 15) is 9.18 Å². The molecule has 0 bridgehead atoms. The molecular formula is C15H15FN2OS. The number of nitrogens with two attached hydrogens (primary N) is 1. The molecule has 0 radical (unpaired) electrons. The molecule has 3 N–H and O–H groups in total. The molecule has 0 heterocycles. The highest BCUT2D eigenvalue weighted by molar-refractivity contribution is 8.00. The van der Waals surface area contributed by atoms with Crippen molar-refractivity contribution in [2.24, 2.45) is 0 Å². The number of carbonyl (C=O) groups excluding carboxylic acids is 1. The fraction of sp³-hybridized carbons (Fsp3) is 0.133. The van der Waals surface area contributed by atoms with Gasteiger partial charge in [-0.2, -0.15) is 0 Å². The number of halogens is 1. The Morgan fingerprint density at radius 2 is 2.05 bits per heavy atom. The summed E-state index contributed by atoms with van der Waals surface area (Å²) in [6.45, 7) is 1.93. The van der Waals surface area contributed by atoms with Gasteiger partial charge < -0.3 is 11.1 Å². The van der Waals surface area contributed by atoms with Gasteiger partial charge in [-0.1, -0.05) is 18.2 Å². The number of nitrogen functional groups attached to an aromatic ring is 1. The summed E-state index contributed by atoms with van der Waals surface area (Å²) in [5.41, 5.74) is 7.70. The minimum absolute atomic E-state index is 0.132. The van der Waals surface area contributed by atoms with Gasteiger partial charge in [-0.15, -0.1) is 11.8 Å². The van der Waals surface area contributed by atoms with Crippen LogP contribution in [0, 0.1) is 12.7 Å². The Hall–Kier alpha value is -2.01. The highest BCUT2D eigenvalue weighted by atomic mass is 32.2. The Morgan fingerprint density at radius 1 is 1.30 bits per heavy atom. The highest BCUT2D eigenvalue weighted by Crippen LogP contribution is 2.22. The Kier molecular flexibility index (Phi) is 4.63. The molecule has 0 fully saturated rings. The van der Waals surface area contributed by atoms with E-state index < -0.39 is 5.82 Å². The van der Waals surface area contributed by atoms with Crippen LogP contribution in [-0.4, -0.2) is 11.7 Å². The zero-order chi connectivity index (χ0) is 14.5. The number of benzene rings is 2. The standard InChI is InChI=1S/C15H15FN2OS/c1-10-4-2-3-5-14(10)18-15(19)9-20-13-7-11(16)6-12(17)8-13/h2-8H,9,17H2,1H3,(H,18,19). The molecule has 0 saturated carbocycles. The molecule has 0 spiro atoms. The summed E-state index contributed by atoms with van der Waals surface area (Å²) >= 11 is 1.25. The first-order chi connectivity index (χ1) is 9.54. The summed E-state index contributed by atoms with van der Waals surface area (Å²) < 4.78 is 13.2. The number of hydrogen-bond donors (Lipinski definition) is 2. The molecule has 1 amide bonds. The lowest BCUT2D eigenvalue weighted by Gasteiger charge is -2.08. The number of thioether (sulfide) groups is 1. The van der Waals surface area contributed by atoms with Crippen LogP contribution in [0.5, 0.6) is 0 Å². The first-order valence-electron chi connectivity index (χ1n) is 6.09. The van der Waals surface area contributed by atoms with Gasteiger partial charge in [0.25, 0.3) is 0 Å². The zero-order valence-corrected chi connectivity index (χ0v) is 11.8. The zero-order valence-electron chi connectivity index (χ0n) is 11.0. The number of nitrogens with one attached hydrogen (secondary N) is 1. The molecule has 2 aromatic carbocycles. The number of para-hydroxylation sites is 1.